The van der Waals surface area contributed by atoms with Crippen LogP contribution in [0.2, 0.25) is 0 Å². The van der Waals surface area contributed by atoms with E-state index in [9.17, 15) is 4.79 Å². The van der Waals surface area contributed by atoms with Crippen molar-refractivity contribution in [1.29, 1.82) is 0 Å². The minimum atomic E-state index is 0.00453. The molecule has 6 heteroatoms. The van der Waals surface area contributed by atoms with Crippen LogP contribution in [0.25, 0.3) is 6.08 Å². The molecule has 0 aromatic heterocycles. The quantitative estimate of drug-likeness (QED) is 0.569. The van der Waals surface area contributed by atoms with Gasteiger partial charge in [0, 0.05) is 19.0 Å². The molecular formula is C26H31NO5. The molecule has 1 fully saturated rings. The number of carbonyl (C=O) groups is 1. The predicted molar refractivity (Wildman–Crippen MR) is 124 cm³/mol. The van der Waals surface area contributed by atoms with Gasteiger partial charge in [0.25, 0.3) is 0 Å². The molecule has 6 nitrogen and oxygen atoms in total. The second-order valence-electron chi connectivity index (χ2n) is 8.04. The molecule has 1 atom stereocenters. The predicted octanol–water partition coefficient (Wildman–Crippen LogP) is 5.02. The van der Waals surface area contributed by atoms with Crippen LogP contribution in [0.3, 0.4) is 0 Å². The number of hydrogen-bond donors (Lipinski definition) is 0. The topological polar surface area (TPSA) is 57.2 Å². The van der Waals surface area contributed by atoms with E-state index in [0.29, 0.717) is 31.3 Å². The van der Waals surface area contributed by atoms with E-state index < -0.39 is 0 Å². The minimum Gasteiger partial charge on any atom is -0.493 e. The van der Waals surface area contributed by atoms with E-state index in [4.69, 9.17) is 18.9 Å². The summed E-state index contributed by atoms with van der Waals surface area (Å²) in [6, 6.07) is 11.8. The van der Waals surface area contributed by atoms with Crippen molar-refractivity contribution in [2.24, 2.45) is 0 Å². The van der Waals surface area contributed by atoms with Crippen molar-refractivity contribution in [3.63, 3.8) is 0 Å². The van der Waals surface area contributed by atoms with Gasteiger partial charge in [-0.25, -0.2) is 0 Å². The van der Waals surface area contributed by atoms with Gasteiger partial charge in [0.2, 0.25) is 5.91 Å². The first-order valence-electron chi connectivity index (χ1n) is 11.4. The third-order valence-electron chi connectivity index (χ3n) is 5.76. The molecule has 2 aliphatic rings. The lowest BCUT2D eigenvalue weighted by molar-refractivity contribution is -0.126. The summed E-state index contributed by atoms with van der Waals surface area (Å²) < 4.78 is 22.7. The van der Waals surface area contributed by atoms with E-state index in [1.165, 1.54) is 0 Å². The molecule has 170 valence electrons. The second kappa shape index (κ2) is 10.4. The number of hydrogen-bond acceptors (Lipinski definition) is 5. The molecule has 0 aliphatic carbocycles. The summed E-state index contributed by atoms with van der Waals surface area (Å²) in [5, 5.41) is 0. The average Bonchev–Trinajstić information content (AvgIpc) is 3.20. The lowest BCUT2D eigenvalue weighted by Gasteiger charge is -2.24. The highest BCUT2D eigenvalue weighted by atomic mass is 16.5. The van der Waals surface area contributed by atoms with Gasteiger partial charge in [0.15, 0.2) is 23.0 Å². The zero-order valence-electron chi connectivity index (χ0n) is 18.8. The molecule has 0 N–H and O–H groups in total. The zero-order chi connectivity index (χ0) is 22.3. The highest BCUT2D eigenvalue weighted by Crippen LogP contribution is 2.38. The summed E-state index contributed by atoms with van der Waals surface area (Å²) in [7, 11) is 1.62. The number of rotatable bonds is 7. The number of methoxy groups -OCH3 is 1. The molecule has 0 spiro atoms. The second-order valence-corrected chi connectivity index (χ2v) is 8.04. The Labute approximate surface area is 189 Å². The lowest BCUT2D eigenvalue weighted by atomic mass is 10.0. The Hall–Kier alpha value is -3.15. The number of likely N-dealkylation sites (tertiary alicyclic amines) is 1. The monoisotopic (exact) mass is 437 g/mol. The largest absolute Gasteiger partial charge is 0.493 e. The fraction of sp³-hybridized carbons (Fsp3) is 0.423. The molecule has 1 amide bonds. The van der Waals surface area contributed by atoms with Crippen LogP contribution in [-0.4, -0.2) is 44.3 Å². The van der Waals surface area contributed by atoms with Crippen LogP contribution in [0, 0.1) is 0 Å². The molecule has 0 bridgehead atoms. The number of nitrogens with zero attached hydrogens (tertiary/aromatic N) is 1. The smallest absolute Gasteiger partial charge is 0.247 e. The summed E-state index contributed by atoms with van der Waals surface area (Å²) in [5.41, 5.74) is 1.98. The van der Waals surface area contributed by atoms with Crippen molar-refractivity contribution in [2.75, 3.05) is 33.5 Å². The van der Waals surface area contributed by atoms with E-state index in [1.54, 1.807) is 13.2 Å². The Bertz CT molecular complexity index is 971. The van der Waals surface area contributed by atoms with Crippen molar-refractivity contribution in [3.8, 4) is 23.0 Å². The van der Waals surface area contributed by atoms with Crippen LogP contribution in [0.4, 0.5) is 0 Å². The molecule has 32 heavy (non-hydrogen) atoms. The van der Waals surface area contributed by atoms with Crippen molar-refractivity contribution in [1.82, 2.24) is 4.90 Å². The van der Waals surface area contributed by atoms with Gasteiger partial charge in [0.1, 0.15) is 0 Å². The summed E-state index contributed by atoms with van der Waals surface area (Å²) in [5.74, 6) is 2.94. The molecule has 0 radical (unpaired) electrons. The van der Waals surface area contributed by atoms with Crippen LogP contribution >= 0.6 is 0 Å². The molecule has 2 aromatic carbocycles. The van der Waals surface area contributed by atoms with Crippen LogP contribution in [-0.2, 0) is 4.79 Å². The maximum absolute atomic E-state index is 13.0. The Morgan fingerprint density at radius 3 is 2.75 bits per heavy atom. The SMILES string of the molecule is CCCOc1ccc(/C=C/C(=O)N2CCCC2c2ccc3c(c2)OCCCO3)cc1OC. The molecule has 4 rings (SSSR count). The van der Waals surface area contributed by atoms with Gasteiger partial charge < -0.3 is 23.8 Å². The fourth-order valence-electron chi connectivity index (χ4n) is 4.15. The van der Waals surface area contributed by atoms with Gasteiger partial charge in [-0.05, 0) is 60.7 Å². The first-order valence-corrected chi connectivity index (χ1v) is 11.4. The highest BCUT2D eigenvalue weighted by molar-refractivity contribution is 5.92. The summed E-state index contributed by atoms with van der Waals surface area (Å²) in [6.07, 6.45) is 7.20. The van der Waals surface area contributed by atoms with Crippen molar-refractivity contribution >= 4 is 12.0 Å². The molecule has 2 aliphatic heterocycles. The Balaban J connectivity index is 1.47. The third-order valence-corrected chi connectivity index (χ3v) is 5.76. The third kappa shape index (κ3) is 5.01. The number of carbonyl (C=O) groups excluding carboxylic acids is 1. The van der Waals surface area contributed by atoms with Crippen LogP contribution in [0.5, 0.6) is 23.0 Å². The van der Waals surface area contributed by atoms with Crippen LogP contribution in [0.1, 0.15) is 49.8 Å². The Kier molecular flexibility index (Phi) is 7.20. The van der Waals surface area contributed by atoms with Gasteiger partial charge in [-0.2, -0.15) is 0 Å². The van der Waals surface area contributed by atoms with E-state index in [2.05, 4.69) is 6.92 Å². The average molecular weight is 438 g/mol. The Morgan fingerprint density at radius 2 is 1.94 bits per heavy atom. The van der Waals surface area contributed by atoms with Crippen LogP contribution in [0.15, 0.2) is 42.5 Å². The van der Waals surface area contributed by atoms with Gasteiger partial charge in [0.05, 0.1) is 33.0 Å². The van der Waals surface area contributed by atoms with Gasteiger partial charge in [-0.3, -0.25) is 4.79 Å². The van der Waals surface area contributed by atoms with Gasteiger partial charge in [-0.1, -0.05) is 19.1 Å². The molecule has 1 unspecified atom stereocenters. The van der Waals surface area contributed by atoms with Crippen molar-refractivity contribution < 1.29 is 23.7 Å². The number of benzene rings is 2. The van der Waals surface area contributed by atoms with Gasteiger partial charge >= 0.3 is 0 Å². The molecule has 2 aromatic rings. The standard InChI is InChI=1S/C26H31NO5/c1-3-14-30-22-10-7-19(17-24(22)29-2)8-12-26(28)27-13-4-6-21(27)20-9-11-23-25(18-20)32-16-5-15-31-23/h7-12,17-18,21H,3-6,13-16H2,1-2H3/b12-8+. The van der Waals surface area contributed by atoms with Crippen molar-refractivity contribution in [2.45, 2.75) is 38.6 Å². The number of amides is 1. The minimum absolute atomic E-state index is 0.00453. The number of fused-ring (bicyclic) bond motifs is 1. The fourth-order valence-corrected chi connectivity index (χ4v) is 4.15. The normalized spacial score (nSPS) is 17.9. The Morgan fingerprint density at radius 1 is 1.09 bits per heavy atom. The lowest BCUT2D eigenvalue weighted by Crippen LogP contribution is -2.28. The summed E-state index contributed by atoms with van der Waals surface area (Å²) >= 11 is 0. The first kappa shape index (κ1) is 22.1. The van der Waals surface area contributed by atoms with E-state index in [0.717, 1.165) is 54.9 Å². The van der Waals surface area contributed by atoms with Gasteiger partial charge in [-0.15, -0.1) is 0 Å². The molecule has 0 saturated carbocycles. The maximum atomic E-state index is 13.0. The number of ether oxygens (including phenoxy) is 4. The molecule has 2 heterocycles. The van der Waals surface area contributed by atoms with Crippen LogP contribution < -0.4 is 18.9 Å². The molecular weight excluding hydrogens is 406 g/mol. The van der Waals surface area contributed by atoms with Crippen molar-refractivity contribution in [3.05, 3.63) is 53.6 Å². The first-order chi connectivity index (χ1) is 15.7. The summed E-state index contributed by atoms with van der Waals surface area (Å²) in [4.78, 5) is 15.0. The van der Waals surface area contributed by atoms with E-state index in [1.807, 2.05) is 47.4 Å². The molecule has 1 saturated heterocycles. The summed E-state index contributed by atoms with van der Waals surface area (Å²) in [6.45, 7) is 4.77. The van der Waals surface area contributed by atoms with E-state index >= 15 is 0 Å². The van der Waals surface area contributed by atoms with E-state index in [-0.39, 0.29) is 11.9 Å². The maximum Gasteiger partial charge on any atom is 0.247 e. The highest BCUT2D eigenvalue weighted by Gasteiger charge is 2.29. The zero-order valence-corrected chi connectivity index (χ0v) is 18.8.